The van der Waals surface area contributed by atoms with E-state index in [1.807, 2.05) is 60.7 Å². The van der Waals surface area contributed by atoms with Crippen LogP contribution in [0.1, 0.15) is 41.7 Å². The van der Waals surface area contributed by atoms with Gasteiger partial charge in [0.25, 0.3) is 11.5 Å². The highest BCUT2D eigenvalue weighted by molar-refractivity contribution is 6.01. The Bertz CT molecular complexity index is 1430. The van der Waals surface area contributed by atoms with Crippen molar-refractivity contribution in [2.24, 2.45) is 0 Å². The van der Waals surface area contributed by atoms with Gasteiger partial charge in [-0.2, -0.15) is 0 Å². The number of pyridine rings is 2. The lowest BCUT2D eigenvalue weighted by molar-refractivity contribution is -0.137. The molecule has 2 aromatic heterocycles. The van der Waals surface area contributed by atoms with E-state index in [9.17, 15) is 19.5 Å². The normalized spacial score (nSPS) is 10.9. The number of amides is 1. The molecule has 0 atom stereocenters. The lowest BCUT2D eigenvalue weighted by atomic mass is 10.0. The van der Waals surface area contributed by atoms with E-state index >= 15 is 0 Å². The summed E-state index contributed by atoms with van der Waals surface area (Å²) in [6, 6.07) is 20.3. The highest BCUT2D eigenvalue weighted by Crippen LogP contribution is 2.30. The Balaban J connectivity index is 1.69. The van der Waals surface area contributed by atoms with Crippen LogP contribution in [0.3, 0.4) is 0 Å². The number of carboxylic acids is 1. The Morgan fingerprint density at radius 2 is 1.64 bits per heavy atom. The number of benzene rings is 2. The van der Waals surface area contributed by atoms with Gasteiger partial charge in [0.1, 0.15) is 0 Å². The molecule has 4 rings (SSSR count). The minimum atomic E-state index is -0.843. The van der Waals surface area contributed by atoms with Crippen LogP contribution in [0.15, 0.2) is 77.7 Å². The van der Waals surface area contributed by atoms with Gasteiger partial charge >= 0.3 is 5.97 Å². The molecule has 0 aliphatic rings. The molecule has 8 nitrogen and oxygen atoms in total. The molecule has 0 fully saturated rings. The molecule has 0 spiro atoms. The minimum absolute atomic E-state index is 0.0927. The Morgan fingerprint density at radius 3 is 2.33 bits per heavy atom. The third kappa shape index (κ3) is 5.60. The average Bonchev–Trinajstić information content (AvgIpc) is 2.88. The lowest BCUT2D eigenvalue weighted by Gasteiger charge is -2.15. The van der Waals surface area contributed by atoms with E-state index in [4.69, 9.17) is 5.11 Å². The minimum Gasteiger partial charge on any atom is -0.505 e. The van der Waals surface area contributed by atoms with Gasteiger partial charge in [0, 0.05) is 23.9 Å². The molecule has 8 heteroatoms. The number of carbonyl (C=O) groups is 2. The van der Waals surface area contributed by atoms with Crippen molar-refractivity contribution >= 4 is 22.8 Å². The summed E-state index contributed by atoms with van der Waals surface area (Å²) in [6.45, 7) is 0.611. The van der Waals surface area contributed by atoms with Gasteiger partial charge in [-0.1, -0.05) is 67.1 Å². The van der Waals surface area contributed by atoms with Gasteiger partial charge in [0.15, 0.2) is 11.4 Å². The van der Waals surface area contributed by atoms with Crippen molar-refractivity contribution in [2.45, 2.75) is 32.2 Å². The van der Waals surface area contributed by atoms with E-state index in [2.05, 4.69) is 10.3 Å². The molecule has 0 saturated heterocycles. The predicted molar refractivity (Wildman–Crippen MR) is 137 cm³/mol. The Morgan fingerprint density at radius 1 is 0.944 bits per heavy atom. The first-order valence-corrected chi connectivity index (χ1v) is 11.8. The molecule has 0 unspecified atom stereocenters. The fraction of sp³-hybridized carbons (Fsp3) is 0.214. The third-order valence-electron chi connectivity index (χ3n) is 5.96. The summed E-state index contributed by atoms with van der Waals surface area (Å²) in [5, 5.41) is 22.9. The zero-order chi connectivity index (χ0) is 25.5. The van der Waals surface area contributed by atoms with Crippen molar-refractivity contribution in [3.05, 3.63) is 94.5 Å². The van der Waals surface area contributed by atoms with Crippen LogP contribution in [0.5, 0.6) is 5.75 Å². The number of aliphatic carboxylic acids is 1. The van der Waals surface area contributed by atoms with E-state index in [0.717, 1.165) is 5.56 Å². The van der Waals surface area contributed by atoms with E-state index in [-0.39, 0.29) is 30.0 Å². The number of aromatic hydroxyl groups is 1. The summed E-state index contributed by atoms with van der Waals surface area (Å²) in [5.41, 5.74) is 2.09. The molecule has 0 bridgehead atoms. The second kappa shape index (κ2) is 11.3. The zero-order valence-corrected chi connectivity index (χ0v) is 19.7. The van der Waals surface area contributed by atoms with Crippen LogP contribution in [0.2, 0.25) is 0 Å². The number of unbranched alkanes of at least 4 members (excludes halogenated alkanes) is 2. The summed E-state index contributed by atoms with van der Waals surface area (Å²) in [7, 11) is 0. The maximum absolute atomic E-state index is 13.5. The lowest BCUT2D eigenvalue weighted by Crippen LogP contribution is -2.26. The molecular formula is C28H27N3O5. The Kier molecular flexibility index (Phi) is 7.75. The maximum atomic E-state index is 13.5. The van der Waals surface area contributed by atoms with Crippen LogP contribution in [0, 0.1) is 0 Å². The number of carboxylic acid groups (broad SMARTS) is 1. The monoisotopic (exact) mass is 485 g/mol. The zero-order valence-electron chi connectivity index (χ0n) is 19.7. The quantitative estimate of drug-likeness (QED) is 0.290. The molecule has 4 aromatic rings. The largest absolute Gasteiger partial charge is 0.505 e. The van der Waals surface area contributed by atoms with Gasteiger partial charge in [-0.15, -0.1) is 0 Å². The van der Waals surface area contributed by atoms with Crippen LogP contribution in [-0.4, -0.2) is 38.2 Å². The Labute approximate surface area is 207 Å². The van der Waals surface area contributed by atoms with Crippen LogP contribution >= 0.6 is 0 Å². The average molecular weight is 486 g/mol. The topological polar surface area (TPSA) is 122 Å². The predicted octanol–water partition coefficient (Wildman–Crippen LogP) is 4.19. The molecule has 0 aliphatic carbocycles. The molecule has 2 heterocycles. The van der Waals surface area contributed by atoms with Gasteiger partial charge in [-0.05, 0) is 30.0 Å². The fourth-order valence-corrected chi connectivity index (χ4v) is 4.10. The SMILES string of the molecule is O=C(O)CCCCCNC(=O)c1ncc2c(cc(-c3ccccc3)c(=O)n2Cc2ccccc2)c1O. The molecule has 0 radical (unpaired) electrons. The summed E-state index contributed by atoms with van der Waals surface area (Å²) in [4.78, 5) is 41.1. The molecule has 0 aliphatic heterocycles. The van der Waals surface area contributed by atoms with E-state index < -0.39 is 11.9 Å². The number of hydrogen-bond acceptors (Lipinski definition) is 5. The summed E-state index contributed by atoms with van der Waals surface area (Å²) in [6.07, 6.45) is 3.34. The van der Waals surface area contributed by atoms with Gasteiger partial charge in [-0.25, -0.2) is 4.98 Å². The second-order valence-electron chi connectivity index (χ2n) is 8.52. The van der Waals surface area contributed by atoms with Crippen molar-refractivity contribution in [2.75, 3.05) is 6.54 Å². The number of fused-ring (bicyclic) bond motifs is 1. The fourth-order valence-electron chi connectivity index (χ4n) is 4.10. The summed E-state index contributed by atoms with van der Waals surface area (Å²) >= 11 is 0. The van der Waals surface area contributed by atoms with Gasteiger partial charge in [-0.3, -0.25) is 14.4 Å². The molecule has 3 N–H and O–H groups in total. The van der Waals surface area contributed by atoms with Crippen LogP contribution < -0.4 is 10.9 Å². The van der Waals surface area contributed by atoms with Gasteiger partial charge < -0.3 is 20.1 Å². The van der Waals surface area contributed by atoms with E-state index in [1.54, 1.807) is 10.6 Å². The van der Waals surface area contributed by atoms with Crippen molar-refractivity contribution in [3.8, 4) is 16.9 Å². The van der Waals surface area contributed by atoms with Crippen LogP contribution in [-0.2, 0) is 11.3 Å². The number of nitrogens with one attached hydrogen (secondary N) is 1. The molecule has 1 amide bonds. The number of carbonyl (C=O) groups excluding carboxylic acids is 1. The first kappa shape index (κ1) is 24.7. The van der Waals surface area contributed by atoms with E-state index in [0.29, 0.717) is 47.8 Å². The molecular weight excluding hydrogens is 458 g/mol. The van der Waals surface area contributed by atoms with Crippen molar-refractivity contribution in [1.82, 2.24) is 14.9 Å². The van der Waals surface area contributed by atoms with Crippen LogP contribution in [0.25, 0.3) is 22.0 Å². The number of aromatic nitrogens is 2. The first-order valence-electron chi connectivity index (χ1n) is 11.8. The molecule has 2 aromatic carbocycles. The highest BCUT2D eigenvalue weighted by atomic mass is 16.4. The number of rotatable bonds is 10. The smallest absolute Gasteiger partial charge is 0.303 e. The third-order valence-corrected chi connectivity index (χ3v) is 5.96. The van der Waals surface area contributed by atoms with Crippen LogP contribution in [0.4, 0.5) is 0 Å². The summed E-state index contributed by atoms with van der Waals surface area (Å²) in [5.74, 6) is -1.67. The van der Waals surface area contributed by atoms with Gasteiger partial charge in [0.05, 0.1) is 18.3 Å². The number of nitrogens with zero attached hydrogens (tertiary/aromatic N) is 2. The first-order chi connectivity index (χ1) is 17.5. The van der Waals surface area contributed by atoms with E-state index in [1.165, 1.54) is 6.20 Å². The standard InChI is InChI=1S/C28H27N3O5/c32-24(33)14-8-3-9-15-29-27(35)25-26(34)22-16-21(20-12-6-2-7-13-20)28(36)31(23(22)17-30-25)18-19-10-4-1-5-11-19/h1-2,4-7,10-13,16-17,34H,3,8-9,14-15,18H2,(H,29,35)(H,32,33). The highest BCUT2D eigenvalue weighted by Gasteiger charge is 2.20. The second-order valence-corrected chi connectivity index (χ2v) is 8.52. The summed E-state index contributed by atoms with van der Waals surface area (Å²) < 4.78 is 1.56. The van der Waals surface area contributed by atoms with Crippen molar-refractivity contribution in [3.63, 3.8) is 0 Å². The van der Waals surface area contributed by atoms with Gasteiger partial charge in [0.2, 0.25) is 0 Å². The Hall–Kier alpha value is -4.46. The molecule has 0 saturated carbocycles. The van der Waals surface area contributed by atoms with Crippen molar-refractivity contribution in [1.29, 1.82) is 0 Å². The van der Waals surface area contributed by atoms with Crippen molar-refractivity contribution < 1.29 is 19.8 Å². The maximum Gasteiger partial charge on any atom is 0.303 e. The molecule has 184 valence electrons. The molecule has 36 heavy (non-hydrogen) atoms. The number of hydrogen-bond donors (Lipinski definition) is 3.